The molecule has 2 atom stereocenters. The van der Waals surface area contributed by atoms with E-state index in [4.69, 9.17) is 5.73 Å². The van der Waals surface area contributed by atoms with E-state index < -0.39 is 5.91 Å². The molecule has 0 aliphatic carbocycles. The van der Waals surface area contributed by atoms with Gasteiger partial charge < -0.3 is 15.5 Å². The topological polar surface area (TPSA) is 66.6 Å². The number of benzene rings is 1. The van der Waals surface area contributed by atoms with E-state index in [1.54, 1.807) is 12.1 Å². The predicted octanol–water partition coefficient (Wildman–Crippen LogP) is 0.841. The SMILES string of the molecule is CC1CN(c2ccc(C(N)=O)cc2)CC(C)N1C=O. The third-order valence-corrected chi connectivity index (χ3v) is 3.63. The highest BCUT2D eigenvalue weighted by Gasteiger charge is 2.28. The molecule has 19 heavy (non-hydrogen) atoms. The van der Waals surface area contributed by atoms with Crippen molar-refractivity contribution in [1.82, 2.24) is 4.90 Å². The highest BCUT2D eigenvalue weighted by molar-refractivity contribution is 5.93. The summed E-state index contributed by atoms with van der Waals surface area (Å²) in [4.78, 5) is 26.1. The van der Waals surface area contributed by atoms with Crippen LogP contribution in [0.25, 0.3) is 0 Å². The number of hydrogen-bond acceptors (Lipinski definition) is 3. The van der Waals surface area contributed by atoms with Gasteiger partial charge in [0.15, 0.2) is 0 Å². The molecule has 1 fully saturated rings. The molecule has 0 spiro atoms. The quantitative estimate of drug-likeness (QED) is 0.820. The summed E-state index contributed by atoms with van der Waals surface area (Å²) in [7, 11) is 0. The van der Waals surface area contributed by atoms with Gasteiger partial charge in [0.25, 0.3) is 0 Å². The van der Waals surface area contributed by atoms with Crippen molar-refractivity contribution in [3.63, 3.8) is 0 Å². The maximum atomic E-state index is 11.0. The van der Waals surface area contributed by atoms with Crippen molar-refractivity contribution in [2.75, 3.05) is 18.0 Å². The number of piperazine rings is 1. The number of rotatable bonds is 3. The summed E-state index contributed by atoms with van der Waals surface area (Å²) in [6.45, 7) is 5.65. The zero-order valence-electron chi connectivity index (χ0n) is 11.2. The molecule has 1 aliphatic rings. The van der Waals surface area contributed by atoms with Gasteiger partial charge in [-0.2, -0.15) is 0 Å². The van der Waals surface area contributed by atoms with E-state index in [1.807, 2.05) is 30.9 Å². The van der Waals surface area contributed by atoms with E-state index in [9.17, 15) is 9.59 Å². The first-order valence-corrected chi connectivity index (χ1v) is 6.40. The molecule has 1 aliphatic heterocycles. The maximum absolute atomic E-state index is 11.0. The number of anilines is 1. The summed E-state index contributed by atoms with van der Waals surface area (Å²) in [6, 6.07) is 7.62. The van der Waals surface area contributed by atoms with Gasteiger partial charge in [-0.15, -0.1) is 0 Å². The first-order valence-electron chi connectivity index (χ1n) is 6.40. The second kappa shape index (κ2) is 5.30. The van der Waals surface area contributed by atoms with Gasteiger partial charge in [-0.1, -0.05) is 0 Å². The van der Waals surface area contributed by atoms with Crippen molar-refractivity contribution in [3.05, 3.63) is 29.8 Å². The molecule has 0 bridgehead atoms. The van der Waals surface area contributed by atoms with Crippen molar-refractivity contribution in [2.24, 2.45) is 5.73 Å². The zero-order valence-corrected chi connectivity index (χ0v) is 11.2. The summed E-state index contributed by atoms with van der Waals surface area (Å²) < 4.78 is 0. The second-order valence-electron chi connectivity index (χ2n) is 5.07. The van der Waals surface area contributed by atoms with Crippen LogP contribution in [0, 0.1) is 0 Å². The molecule has 102 valence electrons. The molecule has 2 N–H and O–H groups in total. The Kier molecular flexibility index (Phi) is 3.74. The number of nitrogens with zero attached hydrogens (tertiary/aromatic N) is 2. The van der Waals surface area contributed by atoms with E-state index in [1.165, 1.54) is 0 Å². The molecule has 1 aromatic carbocycles. The normalized spacial score (nSPS) is 23.3. The molecule has 2 amide bonds. The summed E-state index contributed by atoms with van der Waals surface area (Å²) in [5.74, 6) is -0.418. The van der Waals surface area contributed by atoms with Crippen LogP contribution in [0.5, 0.6) is 0 Å². The van der Waals surface area contributed by atoms with E-state index in [0.717, 1.165) is 25.2 Å². The standard InChI is InChI=1S/C14H19N3O2/c1-10-7-16(8-11(2)17(10)9-18)13-5-3-12(4-6-13)14(15)19/h3-6,9-11H,7-8H2,1-2H3,(H2,15,19). The highest BCUT2D eigenvalue weighted by atomic mass is 16.1. The van der Waals surface area contributed by atoms with Gasteiger partial charge in [0.1, 0.15) is 0 Å². The highest BCUT2D eigenvalue weighted by Crippen LogP contribution is 2.21. The van der Waals surface area contributed by atoms with Crippen LogP contribution < -0.4 is 10.6 Å². The molecule has 5 nitrogen and oxygen atoms in total. The molecule has 5 heteroatoms. The Hall–Kier alpha value is -2.04. The molecule has 0 aromatic heterocycles. The van der Waals surface area contributed by atoms with Gasteiger partial charge in [0.05, 0.1) is 0 Å². The summed E-state index contributed by atoms with van der Waals surface area (Å²) >= 11 is 0. The van der Waals surface area contributed by atoms with Gasteiger partial charge in [-0.3, -0.25) is 9.59 Å². The smallest absolute Gasteiger partial charge is 0.248 e. The van der Waals surface area contributed by atoms with E-state index in [2.05, 4.69) is 4.90 Å². The lowest BCUT2D eigenvalue weighted by molar-refractivity contribution is -0.122. The van der Waals surface area contributed by atoms with Crippen LogP contribution in [0.2, 0.25) is 0 Å². The number of nitrogens with two attached hydrogens (primary N) is 1. The number of amides is 2. The van der Waals surface area contributed by atoms with Crippen molar-refractivity contribution in [3.8, 4) is 0 Å². The van der Waals surface area contributed by atoms with Crippen LogP contribution in [0.15, 0.2) is 24.3 Å². The first kappa shape index (κ1) is 13.4. The van der Waals surface area contributed by atoms with Crippen molar-refractivity contribution in [2.45, 2.75) is 25.9 Å². The first-order chi connectivity index (χ1) is 9.02. The fourth-order valence-corrected chi connectivity index (χ4v) is 2.59. The lowest BCUT2D eigenvalue weighted by Gasteiger charge is -2.43. The van der Waals surface area contributed by atoms with E-state index in [-0.39, 0.29) is 12.1 Å². The summed E-state index contributed by atoms with van der Waals surface area (Å²) in [5.41, 5.74) is 6.79. The molecular weight excluding hydrogens is 242 g/mol. The second-order valence-corrected chi connectivity index (χ2v) is 5.07. The van der Waals surface area contributed by atoms with Crippen molar-refractivity contribution in [1.29, 1.82) is 0 Å². The fraction of sp³-hybridized carbons (Fsp3) is 0.429. The number of hydrogen-bond donors (Lipinski definition) is 1. The third kappa shape index (κ3) is 2.70. The van der Waals surface area contributed by atoms with Crippen LogP contribution in [-0.2, 0) is 4.79 Å². The van der Waals surface area contributed by atoms with Crippen LogP contribution in [-0.4, -0.2) is 42.4 Å². The van der Waals surface area contributed by atoms with Crippen molar-refractivity contribution < 1.29 is 9.59 Å². The van der Waals surface area contributed by atoms with Crippen LogP contribution in [0.1, 0.15) is 24.2 Å². The molecule has 1 aromatic rings. The lowest BCUT2D eigenvalue weighted by atomic mass is 10.1. The lowest BCUT2D eigenvalue weighted by Crippen LogP contribution is -2.56. The number of primary amides is 1. The van der Waals surface area contributed by atoms with E-state index >= 15 is 0 Å². The van der Waals surface area contributed by atoms with Gasteiger partial charge in [-0.25, -0.2) is 0 Å². The Morgan fingerprint density at radius 2 is 1.74 bits per heavy atom. The molecule has 2 rings (SSSR count). The molecule has 0 radical (unpaired) electrons. The third-order valence-electron chi connectivity index (χ3n) is 3.63. The summed E-state index contributed by atoms with van der Waals surface area (Å²) in [5, 5.41) is 0. The Morgan fingerprint density at radius 1 is 1.21 bits per heavy atom. The Morgan fingerprint density at radius 3 is 2.16 bits per heavy atom. The van der Waals surface area contributed by atoms with Gasteiger partial charge in [0, 0.05) is 36.4 Å². The molecule has 1 heterocycles. The fourth-order valence-electron chi connectivity index (χ4n) is 2.59. The van der Waals surface area contributed by atoms with Crippen LogP contribution >= 0.6 is 0 Å². The zero-order chi connectivity index (χ0) is 14.0. The Balaban J connectivity index is 2.14. The Labute approximate surface area is 113 Å². The monoisotopic (exact) mass is 261 g/mol. The molecule has 1 saturated heterocycles. The number of carbonyl (C=O) groups is 2. The molecule has 0 saturated carbocycles. The van der Waals surface area contributed by atoms with E-state index in [0.29, 0.717) is 5.56 Å². The molecule has 2 unspecified atom stereocenters. The van der Waals surface area contributed by atoms with Crippen LogP contribution in [0.4, 0.5) is 5.69 Å². The maximum Gasteiger partial charge on any atom is 0.248 e. The van der Waals surface area contributed by atoms with Gasteiger partial charge in [-0.05, 0) is 38.1 Å². The summed E-state index contributed by atoms with van der Waals surface area (Å²) in [6.07, 6.45) is 0.920. The van der Waals surface area contributed by atoms with Crippen molar-refractivity contribution >= 4 is 18.0 Å². The average molecular weight is 261 g/mol. The predicted molar refractivity (Wildman–Crippen MR) is 74.0 cm³/mol. The largest absolute Gasteiger partial charge is 0.367 e. The van der Waals surface area contributed by atoms with Gasteiger partial charge >= 0.3 is 0 Å². The average Bonchev–Trinajstić information content (AvgIpc) is 2.38. The minimum atomic E-state index is -0.418. The molecular formula is C14H19N3O2. The number of carbonyl (C=O) groups excluding carboxylic acids is 2. The minimum Gasteiger partial charge on any atom is -0.367 e. The Bertz CT molecular complexity index is 460. The minimum absolute atomic E-state index is 0.178. The van der Waals surface area contributed by atoms with Crippen LogP contribution in [0.3, 0.4) is 0 Å². The van der Waals surface area contributed by atoms with Gasteiger partial charge in [0.2, 0.25) is 12.3 Å².